The largest absolute Gasteiger partial charge is 0.326 e. The first-order chi connectivity index (χ1) is 13.6. The summed E-state index contributed by atoms with van der Waals surface area (Å²) in [6.07, 6.45) is 2.70. The Morgan fingerprint density at radius 3 is 2.36 bits per heavy atom. The van der Waals surface area contributed by atoms with Crippen molar-refractivity contribution in [1.82, 2.24) is 9.78 Å². The maximum atomic E-state index is 12.3. The lowest BCUT2D eigenvalue weighted by atomic mass is 10.2. The number of hydrogen-bond acceptors (Lipinski definition) is 4. The van der Waals surface area contributed by atoms with Gasteiger partial charge in [0.2, 0.25) is 17.2 Å². The third-order valence-electron chi connectivity index (χ3n) is 4.22. The molecule has 0 aliphatic carbocycles. The van der Waals surface area contributed by atoms with Gasteiger partial charge in [0.15, 0.2) is 0 Å². The predicted molar refractivity (Wildman–Crippen MR) is 109 cm³/mol. The number of para-hydroxylation sites is 1. The Hall–Kier alpha value is -3.48. The molecule has 0 bridgehead atoms. The lowest BCUT2D eigenvalue weighted by Crippen LogP contribution is -2.18. The standard InChI is InChI=1S/C21H22N4O3/c1-2-6-20(27)23-15-7-5-8-16(13-15)24-21(28)11-12-25-18-10-4-3-9-17(18)19(26)14-22-25/h3-5,7-10,13-14H,2,6,11-12H2,1H3,(H,23,27)(H,24,28). The highest BCUT2D eigenvalue weighted by atomic mass is 16.2. The van der Waals surface area contributed by atoms with Crippen molar-refractivity contribution in [2.24, 2.45) is 0 Å². The van der Waals surface area contributed by atoms with E-state index in [0.717, 1.165) is 6.42 Å². The number of fused-ring (bicyclic) bond motifs is 1. The molecule has 0 saturated carbocycles. The fourth-order valence-electron chi connectivity index (χ4n) is 2.90. The smallest absolute Gasteiger partial charge is 0.226 e. The van der Waals surface area contributed by atoms with Gasteiger partial charge in [-0.2, -0.15) is 5.10 Å². The minimum atomic E-state index is -0.179. The quantitative estimate of drug-likeness (QED) is 0.660. The average molecular weight is 378 g/mol. The number of nitrogens with zero attached hydrogens (tertiary/aromatic N) is 2. The summed E-state index contributed by atoms with van der Waals surface area (Å²) in [6, 6.07) is 14.2. The zero-order valence-electron chi connectivity index (χ0n) is 15.6. The summed E-state index contributed by atoms with van der Waals surface area (Å²) < 4.78 is 1.65. The third-order valence-corrected chi connectivity index (χ3v) is 4.22. The van der Waals surface area contributed by atoms with Gasteiger partial charge in [-0.3, -0.25) is 19.1 Å². The van der Waals surface area contributed by atoms with Crippen LogP contribution in [0.15, 0.2) is 59.5 Å². The number of carbonyl (C=O) groups excluding carboxylic acids is 2. The van der Waals surface area contributed by atoms with Crippen LogP contribution in [-0.2, 0) is 16.1 Å². The second-order valence-corrected chi connectivity index (χ2v) is 6.43. The highest BCUT2D eigenvalue weighted by Gasteiger charge is 2.08. The summed E-state index contributed by atoms with van der Waals surface area (Å²) in [5.41, 5.74) is 1.81. The van der Waals surface area contributed by atoms with Gasteiger partial charge in [0.1, 0.15) is 0 Å². The van der Waals surface area contributed by atoms with Crippen LogP contribution in [0.4, 0.5) is 11.4 Å². The molecule has 2 amide bonds. The van der Waals surface area contributed by atoms with Crippen LogP contribution in [0.5, 0.6) is 0 Å². The second-order valence-electron chi connectivity index (χ2n) is 6.43. The zero-order chi connectivity index (χ0) is 19.9. The number of rotatable bonds is 7. The summed E-state index contributed by atoms with van der Waals surface area (Å²) >= 11 is 0. The molecule has 1 heterocycles. The minimum absolute atomic E-state index is 0.0536. The first-order valence-corrected chi connectivity index (χ1v) is 9.21. The van der Waals surface area contributed by atoms with E-state index in [1.165, 1.54) is 6.20 Å². The van der Waals surface area contributed by atoms with E-state index in [-0.39, 0.29) is 23.7 Å². The van der Waals surface area contributed by atoms with Gasteiger partial charge in [-0.1, -0.05) is 25.1 Å². The van der Waals surface area contributed by atoms with E-state index in [9.17, 15) is 14.4 Å². The molecule has 0 aliphatic rings. The molecule has 3 rings (SSSR count). The van der Waals surface area contributed by atoms with Crippen LogP contribution in [0.2, 0.25) is 0 Å². The van der Waals surface area contributed by atoms with Crippen LogP contribution in [0, 0.1) is 0 Å². The van der Waals surface area contributed by atoms with E-state index in [1.807, 2.05) is 19.1 Å². The number of nitrogens with one attached hydrogen (secondary N) is 2. The molecule has 28 heavy (non-hydrogen) atoms. The second kappa shape index (κ2) is 8.94. The van der Waals surface area contributed by atoms with Crippen LogP contribution in [0.1, 0.15) is 26.2 Å². The maximum Gasteiger partial charge on any atom is 0.226 e. The fourth-order valence-corrected chi connectivity index (χ4v) is 2.90. The summed E-state index contributed by atoms with van der Waals surface area (Å²) in [7, 11) is 0. The van der Waals surface area contributed by atoms with Gasteiger partial charge in [-0.25, -0.2) is 0 Å². The number of aromatic nitrogens is 2. The Kier molecular flexibility index (Phi) is 6.16. The zero-order valence-corrected chi connectivity index (χ0v) is 15.6. The monoisotopic (exact) mass is 378 g/mol. The van der Waals surface area contributed by atoms with E-state index in [2.05, 4.69) is 15.7 Å². The molecular weight excluding hydrogens is 356 g/mol. The lowest BCUT2D eigenvalue weighted by molar-refractivity contribution is -0.117. The molecule has 3 aromatic rings. The van der Waals surface area contributed by atoms with Crippen molar-refractivity contribution in [3.63, 3.8) is 0 Å². The molecule has 144 valence electrons. The number of carbonyl (C=O) groups is 2. The maximum absolute atomic E-state index is 12.3. The molecule has 0 atom stereocenters. The van der Waals surface area contributed by atoms with Gasteiger partial charge in [0, 0.05) is 29.6 Å². The summed E-state index contributed by atoms with van der Waals surface area (Å²) in [6.45, 7) is 2.29. The Labute approximate surface area is 162 Å². The van der Waals surface area contributed by atoms with Crippen molar-refractivity contribution in [3.05, 3.63) is 65.0 Å². The SMILES string of the molecule is CCCC(=O)Nc1cccc(NC(=O)CCn2ncc(=O)c3ccccc32)c1. The van der Waals surface area contributed by atoms with E-state index < -0.39 is 0 Å². The number of benzene rings is 2. The average Bonchev–Trinajstić information content (AvgIpc) is 2.68. The van der Waals surface area contributed by atoms with Crippen molar-refractivity contribution in [1.29, 1.82) is 0 Å². The third kappa shape index (κ3) is 4.82. The Balaban J connectivity index is 1.63. The molecule has 0 radical (unpaired) electrons. The fraction of sp³-hybridized carbons (Fsp3) is 0.238. The first-order valence-electron chi connectivity index (χ1n) is 9.21. The van der Waals surface area contributed by atoms with E-state index in [4.69, 9.17) is 0 Å². The van der Waals surface area contributed by atoms with Crippen molar-refractivity contribution in [3.8, 4) is 0 Å². The van der Waals surface area contributed by atoms with Gasteiger partial charge >= 0.3 is 0 Å². The normalized spacial score (nSPS) is 10.6. The van der Waals surface area contributed by atoms with Gasteiger partial charge in [-0.15, -0.1) is 0 Å². The minimum Gasteiger partial charge on any atom is -0.326 e. The molecule has 0 spiro atoms. The molecule has 1 aromatic heterocycles. The highest BCUT2D eigenvalue weighted by Crippen LogP contribution is 2.16. The van der Waals surface area contributed by atoms with Gasteiger partial charge in [-0.05, 0) is 36.8 Å². The molecule has 0 unspecified atom stereocenters. The van der Waals surface area contributed by atoms with Gasteiger partial charge < -0.3 is 10.6 Å². The summed E-state index contributed by atoms with van der Waals surface area (Å²) in [5, 5.41) is 10.3. The van der Waals surface area contributed by atoms with Crippen LogP contribution in [0.3, 0.4) is 0 Å². The summed E-state index contributed by atoms with van der Waals surface area (Å²) in [4.78, 5) is 35.9. The topological polar surface area (TPSA) is 93.1 Å². The van der Waals surface area contributed by atoms with Crippen molar-refractivity contribution in [2.75, 3.05) is 10.6 Å². The Morgan fingerprint density at radius 2 is 1.64 bits per heavy atom. The number of anilines is 2. The molecule has 7 heteroatoms. The predicted octanol–water partition coefficient (Wildman–Crippen LogP) is 3.16. The van der Waals surface area contributed by atoms with Crippen molar-refractivity contribution >= 4 is 34.1 Å². The van der Waals surface area contributed by atoms with Crippen molar-refractivity contribution < 1.29 is 9.59 Å². The molecule has 0 fully saturated rings. The molecule has 2 N–H and O–H groups in total. The van der Waals surface area contributed by atoms with Crippen LogP contribution in [0.25, 0.3) is 10.9 Å². The van der Waals surface area contributed by atoms with Crippen molar-refractivity contribution in [2.45, 2.75) is 32.7 Å². The summed E-state index contributed by atoms with van der Waals surface area (Å²) in [5.74, 6) is -0.233. The van der Waals surface area contributed by atoms with E-state index in [1.54, 1.807) is 41.1 Å². The number of hydrogen-bond donors (Lipinski definition) is 2. The van der Waals surface area contributed by atoms with Gasteiger partial charge in [0.25, 0.3) is 0 Å². The van der Waals surface area contributed by atoms with E-state index in [0.29, 0.717) is 35.2 Å². The molecule has 0 aliphatic heterocycles. The molecule has 0 saturated heterocycles. The molecule has 2 aromatic carbocycles. The van der Waals surface area contributed by atoms with E-state index >= 15 is 0 Å². The van der Waals surface area contributed by atoms with Crippen LogP contribution >= 0.6 is 0 Å². The Morgan fingerprint density at radius 1 is 0.964 bits per heavy atom. The number of amides is 2. The molecular formula is C21H22N4O3. The van der Waals surface area contributed by atoms with Crippen LogP contribution in [-0.4, -0.2) is 21.6 Å². The first kappa shape index (κ1) is 19.3. The Bertz CT molecular complexity index is 1060. The highest BCUT2D eigenvalue weighted by molar-refractivity contribution is 5.94. The lowest BCUT2D eigenvalue weighted by Gasteiger charge is -2.10. The number of aryl methyl sites for hydroxylation is 1. The van der Waals surface area contributed by atoms with Gasteiger partial charge in [0.05, 0.1) is 18.3 Å². The van der Waals surface area contributed by atoms with Crippen LogP contribution < -0.4 is 16.1 Å². The molecule has 7 nitrogen and oxygen atoms in total.